The van der Waals surface area contributed by atoms with E-state index in [0.717, 1.165) is 103 Å². The number of aliphatic hydroxyl groups is 2. The number of hydrogen-bond donors (Lipinski definition) is 3. The number of allylic oxidation sites excluding steroid dienone is 18. The Kier molecular flexibility index (Phi) is 51.2. The SMILES string of the molecule is CC/C=C\C/C=C\C/C=C\C/C=C\C/C=C\C/C=C\CCCCCCC(=O)OC(COCCCCCCCCCCC/C=C\C/C=C\C/C=C\CCCCCCC)COP(=O)(O)OCC(O)CO. The van der Waals surface area contributed by atoms with Crippen LogP contribution < -0.4 is 0 Å². The van der Waals surface area contributed by atoms with Crippen molar-refractivity contribution in [2.24, 2.45) is 0 Å². The lowest BCUT2D eigenvalue weighted by molar-refractivity contribution is -0.154. The van der Waals surface area contributed by atoms with E-state index in [0.29, 0.717) is 13.0 Å². The number of rotatable bonds is 50. The van der Waals surface area contributed by atoms with Crippen LogP contribution in [0.4, 0.5) is 0 Å². The zero-order valence-electron chi connectivity index (χ0n) is 43.0. The van der Waals surface area contributed by atoms with Crippen LogP contribution in [0.25, 0.3) is 0 Å². The molecule has 0 aromatic carbocycles. The van der Waals surface area contributed by atoms with Gasteiger partial charge in [-0.2, -0.15) is 0 Å². The number of esters is 1. The summed E-state index contributed by atoms with van der Waals surface area (Å²) in [6.45, 7) is 3.34. The van der Waals surface area contributed by atoms with Gasteiger partial charge in [0.25, 0.3) is 0 Å². The summed E-state index contributed by atoms with van der Waals surface area (Å²) in [6.07, 6.45) is 70.5. The summed E-state index contributed by atoms with van der Waals surface area (Å²) in [5, 5.41) is 18.4. The molecule has 0 spiro atoms. The Hall–Kier alpha value is -2.88. The highest BCUT2D eigenvalue weighted by Gasteiger charge is 2.26. The van der Waals surface area contributed by atoms with Crippen molar-refractivity contribution in [3.05, 3.63) is 109 Å². The first kappa shape index (κ1) is 65.1. The van der Waals surface area contributed by atoms with Gasteiger partial charge in [0.15, 0.2) is 0 Å². The van der Waals surface area contributed by atoms with Crippen molar-refractivity contribution in [1.29, 1.82) is 0 Å². The Morgan fingerprint density at radius 3 is 1.26 bits per heavy atom. The molecule has 9 nitrogen and oxygen atoms in total. The maximum Gasteiger partial charge on any atom is 0.472 e. The van der Waals surface area contributed by atoms with Gasteiger partial charge in [0.1, 0.15) is 12.2 Å². The lowest BCUT2D eigenvalue weighted by Crippen LogP contribution is -2.29. The maximum absolute atomic E-state index is 12.7. The van der Waals surface area contributed by atoms with E-state index < -0.39 is 45.8 Å². The molecule has 10 heteroatoms. The Balaban J connectivity index is 4.16. The predicted octanol–water partition coefficient (Wildman–Crippen LogP) is 16.2. The van der Waals surface area contributed by atoms with Gasteiger partial charge in [0, 0.05) is 13.0 Å². The maximum atomic E-state index is 12.7. The van der Waals surface area contributed by atoms with Gasteiger partial charge in [-0.25, -0.2) is 4.57 Å². The van der Waals surface area contributed by atoms with Gasteiger partial charge in [-0.1, -0.05) is 207 Å². The third-order valence-electron chi connectivity index (χ3n) is 10.9. The number of hydrogen-bond acceptors (Lipinski definition) is 8. The van der Waals surface area contributed by atoms with E-state index in [2.05, 4.69) is 123 Å². The second kappa shape index (κ2) is 53.5. The van der Waals surface area contributed by atoms with E-state index in [9.17, 15) is 19.4 Å². The summed E-state index contributed by atoms with van der Waals surface area (Å²) in [4.78, 5) is 22.7. The normalized spacial score (nSPS) is 14.6. The molecule has 3 unspecified atom stereocenters. The average molecular weight is 971 g/mol. The Morgan fingerprint density at radius 2 is 0.838 bits per heavy atom. The first-order chi connectivity index (χ1) is 33.3. The second-order valence-corrected chi connectivity index (χ2v) is 19.0. The first-order valence-electron chi connectivity index (χ1n) is 26.9. The van der Waals surface area contributed by atoms with E-state index in [1.54, 1.807) is 0 Å². The summed E-state index contributed by atoms with van der Waals surface area (Å²) < 4.78 is 33.5. The van der Waals surface area contributed by atoms with Crippen molar-refractivity contribution in [3.8, 4) is 0 Å². The molecule has 0 saturated carbocycles. The number of phosphoric ester groups is 1. The Morgan fingerprint density at radius 1 is 0.471 bits per heavy atom. The van der Waals surface area contributed by atoms with Crippen molar-refractivity contribution in [1.82, 2.24) is 0 Å². The molecule has 0 saturated heterocycles. The number of carbonyl (C=O) groups excluding carboxylic acids is 1. The van der Waals surface area contributed by atoms with Crippen molar-refractivity contribution in [2.75, 3.05) is 33.0 Å². The lowest BCUT2D eigenvalue weighted by Gasteiger charge is -2.20. The summed E-state index contributed by atoms with van der Waals surface area (Å²) in [7, 11) is -4.54. The van der Waals surface area contributed by atoms with E-state index >= 15 is 0 Å². The van der Waals surface area contributed by atoms with Crippen LogP contribution in [0.3, 0.4) is 0 Å². The third kappa shape index (κ3) is 52.5. The van der Waals surface area contributed by atoms with Gasteiger partial charge in [-0.05, 0) is 103 Å². The molecular formula is C58H99O9P. The predicted molar refractivity (Wildman–Crippen MR) is 288 cm³/mol. The summed E-state index contributed by atoms with van der Waals surface area (Å²) in [5.41, 5.74) is 0. The van der Waals surface area contributed by atoms with Gasteiger partial charge in [0.2, 0.25) is 0 Å². The first-order valence-corrected chi connectivity index (χ1v) is 28.4. The standard InChI is InChI=1S/C58H99O9P/c1-3-5-7-9-11-13-15-17-19-21-23-25-27-29-31-33-35-37-39-41-43-45-47-49-51-64-54-57(55-66-68(62,63)65-53-56(60)52-59)67-58(61)50-48-46-44-42-40-38-36-34-32-30-28-26-24-22-20-18-16-14-12-10-8-6-4-2/h6,8,12,14-15,17-18,20-21,23-24,26-27,29-30,32,36,38,56-57,59-60H,3-5,7,9-11,13,16,19,22,25,28,31,33-35,37,39-55H2,1-2H3,(H,62,63)/b8-6-,14-12-,17-15-,20-18-,23-21-,26-24-,29-27-,32-30-,38-36-. The topological polar surface area (TPSA) is 132 Å². The molecule has 0 amide bonds. The van der Waals surface area contributed by atoms with Gasteiger partial charge < -0.3 is 24.6 Å². The van der Waals surface area contributed by atoms with Gasteiger partial charge in [-0.3, -0.25) is 13.8 Å². The fourth-order valence-corrected chi connectivity index (χ4v) is 7.68. The fraction of sp³-hybridized carbons (Fsp3) is 0.672. The molecule has 0 heterocycles. The Bertz CT molecular complexity index is 1430. The molecule has 0 aliphatic rings. The monoisotopic (exact) mass is 971 g/mol. The Labute approximate surface area is 416 Å². The third-order valence-corrected chi connectivity index (χ3v) is 11.9. The molecule has 0 fully saturated rings. The number of phosphoric acid groups is 1. The molecular weight excluding hydrogens is 872 g/mol. The minimum Gasteiger partial charge on any atom is -0.457 e. The minimum atomic E-state index is -4.54. The average Bonchev–Trinajstić information content (AvgIpc) is 3.33. The van der Waals surface area contributed by atoms with Gasteiger partial charge in [0.05, 0.1) is 26.4 Å². The van der Waals surface area contributed by atoms with E-state index in [4.69, 9.17) is 23.6 Å². The lowest BCUT2D eigenvalue weighted by atomic mass is 10.1. The van der Waals surface area contributed by atoms with Crippen molar-refractivity contribution >= 4 is 13.8 Å². The van der Waals surface area contributed by atoms with E-state index in [1.807, 2.05) is 0 Å². The molecule has 0 radical (unpaired) electrons. The van der Waals surface area contributed by atoms with Crippen LogP contribution in [0.5, 0.6) is 0 Å². The van der Waals surface area contributed by atoms with Crippen LogP contribution in [0, 0.1) is 0 Å². The number of carbonyl (C=O) groups is 1. The van der Waals surface area contributed by atoms with Gasteiger partial charge in [-0.15, -0.1) is 0 Å². The molecule has 0 rings (SSSR count). The van der Waals surface area contributed by atoms with Gasteiger partial charge >= 0.3 is 13.8 Å². The molecule has 0 bridgehead atoms. The highest BCUT2D eigenvalue weighted by molar-refractivity contribution is 7.47. The smallest absolute Gasteiger partial charge is 0.457 e. The highest BCUT2D eigenvalue weighted by Crippen LogP contribution is 2.43. The van der Waals surface area contributed by atoms with E-state index in [-0.39, 0.29) is 13.0 Å². The molecule has 0 aliphatic carbocycles. The van der Waals surface area contributed by atoms with Crippen molar-refractivity contribution < 1.29 is 43.0 Å². The second-order valence-electron chi connectivity index (χ2n) is 17.5. The molecule has 3 N–H and O–H groups in total. The largest absolute Gasteiger partial charge is 0.472 e. The van der Waals surface area contributed by atoms with Crippen molar-refractivity contribution in [2.45, 2.75) is 219 Å². The molecule has 390 valence electrons. The molecule has 0 aromatic rings. The van der Waals surface area contributed by atoms with Crippen molar-refractivity contribution in [3.63, 3.8) is 0 Å². The minimum absolute atomic E-state index is 0.0276. The quantitative estimate of drug-likeness (QED) is 0.0236. The van der Waals surface area contributed by atoms with Crippen LogP contribution in [0.2, 0.25) is 0 Å². The molecule has 0 aliphatic heterocycles. The zero-order chi connectivity index (χ0) is 49.5. The number of ether oxygens (including phenoxy) is 2. The van der Waals surface area contributed by atoms with Crippen LogP contribution in [-0.2, 0) is 27.9 Å². The zero-order valence-corrected chi connectivity index (χ0v) is 43.9. The summed E-state index contributed by atoms with van der Waals surface area (Å²) >= 11 is 0. The van der Waals surface area contributed by atoms with Crippen LogP contribution in [-0.4, -0.2) is 66.3 Å². The molecule has 3 atom stereocenters. The van der Waals surface area contributed by atoms with Crippen LogP contribution in [0.15, 0.2) is 109 Å². The number of aliphatic hydroxyl groups excluding tert-OH is 2. The number of unbranched alkanes of at least 4 members (excludes halogenated alkanes) is 18. The van der Waals surface area contributed by atoms with E-state index in [1.165, 1.54) is 77.0 Å². The van der Waals surface area contributed by atoms with Crippen LogP contribution in [0.1, 0.15) is 206 Å². The highest BCUT2D eigenvalue weighted by atomic mass is 31.2. The molecule has 68 heavy (non-hydrogen) atoms. The summed E-state index contributed by atoms with van der Waals surface area (Å²) in [6, 6.07) is 0. The van der Waals surface area contributed by atoms with Crippen LogP contribution >= 0.6 is 7.82 Å². The summed E-state index contributed by atoms with van der Waals surface area (Å²) in [5.74, 6) is -0.412. The fourth-order valence-electron chi connectivity index (χ4n) is 6.90. The molecule has 0 aromatic heterocycles.